The Bertz CT molecular complexity index is 1100. The van der Waals surface area contributed by atoms with Crippen LogP contribution >= 0.6 is 11.6 Å². The van der Waals surface area contributed by atoms with E-state index < -0.39 is 23.8 Å². The van der Waals surface area contributed by atoms with Crippen LogP contribution in [0.15, 0.2) is 42.5 Å². The van der Waals surface area contributed by atoms with Crippen molar-refractivity contribution in [2.24, 2.45) is 0 Å². The second kappa shape index (κ2) is 12.2. The molecule has 35 heavy (non-hydrogen) atoms. The highest BCUT2D eigenvalue weighted by molar-refractivity contribution is 6.34. The van der Waals surface area contributed by atoms with Crippen LogP contribution in [0.1, 0.15) is 45.5 Å². The average Bonchev–Trinajstić information content (AvgIpc) is 2.85. The van der Waals surface area contributed by atoms with E-state index in [1.54, 1.807) is 24.3 Å². The number of amides is 3. The zero-order valence-electron chi connectivity index (χ0n) is 18.9. The summed E-state index contributed by atoms with van der Waals surface area (Å²) in [6, 6.07) is 9.09. The molecule has 2 aromatic rings. The molecule has 0 bridgehead atoms. The van der Waals surface area contributed by atoms with Gasteiger partial charge in [-0.25, -0.2) is 4.79 Å². The zero-order valence-corrected chi connectivity index (χ0v) is 19.7. The van der Waals surface area contributed by atoms with Crippen molar-refractivity contribution in [2.45, 2.75) is 37.9 Å². The number of carbonyl (C=O) groups excluding carboxylic acids is 3. The largest absolute Gasteiger partial charge is 0.593 e. The number of piperidine rings is 1. The van der Waals surface area contributed by atoms with E-state index in [1.807, 2.05) is 0 Å². The Balaban J connectivity index is 1.57. The maximum atomic E-state index is 12.6. The van der Waals surface area contributed by atoms with Crippen molar-refractivity contribution >= 4 is 35.3 Å². The molecule has 2 atom stereocenters. The highest BCUT2D eigenvalue weighted by Gasteiger charge is 2.26. The van der Waals surface area contributed by atoms with E-state index in [2.05, 4.69) is 21.3 Å². The minimum Gasteiger partial charge on any atom is -0.593 e. The van der Waals surface area contributed by atoms with Gasteiger partial charge < -0.3 is 31.5 Å². The number of carboxylic acid groups (broad SMARTS) is 1. The summed E-state index contributed by atoms with van der Waals surface area (Å²) in [6.45, 7) is 0.658. The molecule has 3 amide bonds. The summed E-state index contributed by atoms with van der Waals surface area (Å²) in [5.41, 5.74) is 0.978. The van der Waals surface area contributed by atoms with Crippen molar-refractivity contribution in [3.8, 4) is 5.75 Å². The molecule has 1 fully saturated rings. The molecule has 1 saturated heterocycles. The van der Waals surface area contributed by atoms with E-state index in [1.165, 1.54) is 18.2 Å². The molecule has 10 nitrogen and oxygen atoms in total. The van der Waals surface area contributed by atoms with Crippen molar-refractivity contribution in [3.63, 3.8) is 0 Å². The fourth-order valence-corrected chi connectivity index (χ4v) is 3.91. The molecule has 1 unspecified atom stereocenters. The molecule has 0 aliphatic carbocycles. The standard InChI is InChI=1S/C24H27ClN4O6/c25-18-11-15(21(31)27-12-14-4-3-5-16(30)10-14)7-8-17(18)22(32)29-20(24(34)35)13-28-23(33)19-6-1-2-9-26-19/h3-5,7-8,10-11,19-20,26,30H,1-2,6,9,12-13H2,(H,27,31)(H,28,33)(H,29,32)(H,34,35)/p+1/t19?,20-/m0/s1. The van der Waals surface area contributed by atoms with Gasteiger partial charge in [0.1, 0.15) is 6.04 Å². The number of hydrogen-bond acceptors (Lipinski definition) is 5. The molecule has 0 radical (unpaired) electrons. The van der Waals surface area contributed by atoms with E-state index in [0.717, 1.165) is 24.9 Å². The molecular weight excluding hydrogens is 476 g/mol. The maximum absolute atomic E-state index is 12.6. The number of halogens is 1. The van der Waals surface area contributed by atoms with Crippen LogP contribution in [0.5, 0.6) is 5.75 Å². The summed E-state index contributed by atoms with van der Waals surface area (Å²) in [6.07, 6.45) is 2.57. The molecule has 2 aromatic carbocycles. The van der Waals surface area contributed by atoms with Crippen LogP contribution in [0.2, 0.25) is 5.02 Å². The molecular formula is C24H28ClN4O6+. The number of benzene rings is 2. The summed E-state index contributed by atoms with van der Waals surface area (Å²) in [4.78, 5) is 49.0. The van der Waals surface area contributed by atoms with Crippen LogP contribution in [0.4, 0.5) is 0 Å². The molecule has 0 aromatic heterocycles. The molecule has 1 heterocycles. The minimum absolute atomic E-state index is 0.00310. The Kier molecular flexibility index (Phi) is 9.04. The lowest BCUT2D eigenvalue weighted by Gasteiger charge is -2.23. The Morgan fingerprint density at radius 2 is 1.89 bits per heavy atom. The van der Waals surface area contributed by atoms with Crippen molar-refractivity contribution in [1.82, 2.24) is 21.3 Å². The highest BCUT2D eigenvalue weighted by Crippen LogP contribution is 2.19. The van der Waals surface area contributed by atoms with Gasteiger partial charge in [-0.3, -0.25) is 14.4 Å². The minimum atomic E-state index is -1.36. The van der Waals surface area contributed by atoms with Gasteiger partial charge in [0.15, 0.2) is 0 Å². The van der Waals surface area contributed by atoms with E-state index in [9.17, 15) is 24.3 Å². The molecule has 0 saturated carbocycles. The van der Waals surface area contributed by atoms with Gasteiger partial charge in [-0.05, 0) is 43.1 Å². The van der Waals surface area contributed by atoms with Crippen LogP contribution in [0.3, 0.4) is 0 Å². The molecule has 3 rings (SSSR count). The summed E-state index contributed by atoms with van der Waals surface area (Å²) in [5.74, 6) is -2.45. The van der Waals surface area contributed by atoms with Gasteiger partial charge in [0, 0.05) is 30.8 Å². The number of hydrogen-bond donors (Lipinski definition) is 5. The Labute approximate surface area is 207 Å². The van der Waals surface area contributed by atoms with Crippen molar-refractivity contribution in [3.05, 3.63) is 64.2 Å². The number of nitrogens with one attached hydrogen (secondary N) is 4. The lowest BCUT2D eigenvalue weighted by molar-refractivity contribution is -0.139. The van der Waals surface area contributed by atoms with Crippen LogP contribution in [0, 0.1) is 0 Å². The van der Waals surface area contributed by atoms with Crippen LogP contribution in [-0.2, 0) is 16.1 Å². The first-order valence-electron chi connectivity index (χ1n) is 11.2. The summed E-state index contributed by atoms with van der Waals surface area (Å²) < 4.78 is 0. The highest BCUT2D eigenvalue weighted by atomic mass is 35.5. The number of carboxylic acids is 1. The van der Waals surface area contributed by atoms with Gasteiger partial charge in [0.2, 0.25) is 5.91 Å². The Morgan fingerprint density at radius 1 is 1.09 bits per heavy atom. The molecule has 186 valence electrons. The van der Waals surface area contributed by atoms with Gasteiger partial charge in [0.05, 0.1) is 16.6 Å². The first-order valence-corrected chi connectivity index (χ1v) is 11.6. The maximum Gasteiger partial charge on any atom is 0.328 e. The normalized spacial score (nSPS) is 16.1. The molecule has 1 aliphatic rings. The monoisotopic (exact) mass is 503 g/mol. The third-order valence-corrected chi connectivity index (χ3v) is 5.88. The van der Waals surface area contributed by atoms with E-state index in [0.29, 0.717) is 12.2 Å². The first-order chi connectivity index (χ1) is 16.7. The van der Waals surface area contributed by atoms with Gasteiger partial charge in [-0.15, -0.1) is 0 Å². The summed E-state index contributed by atoms with van der Waals surface area (Å²) in [7, 11) is 0. The van der Waals surface area contributed by atoms with Gasteiger partial charge >= 0.3 is 5.97 Å². The lowest BCUT2D eigenvalue weighted by atomic mass is 10.0. The molecule has 7 N–H and O–H groups in total. The smallest absolute Gasteiger partial charge is 0.328 e. The zero-order chi connectivity index (χ0) is 25.4. The second-order valence-corrected chi connectivity index (χ2v) is 8.60. The van der Waals surface area contributed by atoms with Gasteiger partial charge in [0.25, 0.3) is 17.6 Å². The Morgan fingerprint density at radius 3 is 2.54 bits per heavy atom. The molecule has 11 heteroatoms. The molecule has 0 spiro atoms. The number of carbonyl (C=O) groups is 4. The van der Waals surface area contributed by atoms with Crippen molar-refractivity contribution in [1.29, 1.82) is 0 Å². The second-order valence-electron chi connectivity index (χ2n) is 8.19. The SMILES string of the molecule is O=C(NCc1cccc([OH2+])c1)c1ccc(C(=O)N[C@@H](CNC(=O)C2CCCCN2)C(=O)O)c(Cl)c1. The fraction of sp³-hybridized carbons (Fsp3) is 0.333. The first kappa shape index (κ1) is 26.0. The number of rotatable bonds is 9. The topological polar surface area (TPSA) is 160 Å². The van der Waals surface area contributed by atoms with Crippen molar-refractivity contribution < 1.29 is 29.4 Å². The van der Waals surface area contributed by atoms with Gasteiger partial charge in [-0.2, -0.15) is 0 Å². The van der Waals surface area contributed by atoms with Crippen LogP contribution in [-0.4, -0.2) is 59.1 Å². The van der Waals surface area contributed by atoms with E-state index in [-0.39, 0.29) is 41.2 Å². The third-order valence-electron chi connectivity index (χ3n) is 5.57. The predicted molar refractivity (Wildman–Crippen MR) is 130 cm³/mol. The average molecular weight is 504 g/mol. The lowest BCUT2D eigenvalue weighted by Crippen LogP contribution is -2.52. The van der Waals surface area contributed by atoms with Crippen molar-refractivity contribution in [2.75, 3.05) is 13.1 Å². The third kappa shape index (κ3) is 7.43. The fourth-order valence-electron chi connectivity index (χ4n) is 3.64. The van der Waals surface area contributed by atoms with E-state index >= 15 is 0 Å². The van der Waals surface area contributed by atoms with Crippen LogP contribution < -0.4 is 21.3 Å². The number of aliphatic carboxylic acids is 1. The van der Waals surface area contributed by atoms with Crippen LogP contribution in [0.25, 0.3) is 0 Å². The predicted octanol–water partition coefficient (Wildman–Crippen LogP) is 1.15. The molecule has 1 aliphatic heterocycles. The van der Waals surface area contributed by atoms with Gasteiger partial charge in [-0.1, -0.05) is 30.2 Å². The summed E-state index contributed by atoms with van der Waals surface area (Å²) in [5, 5.41) is 27.8. The Hall–Kier alpha value is -3.63. The van der Waals surface area contributed by atoms with E-state index in [4.69, 9.17) is 16.7 Å². The quantitative estimate of drug-likeness (QED) is 0.323. The summed E-state index contributed by atoms with van der Waals surface area (Å²) >= 11 is 6.21.